The number of rotatable bonds is 4. The Kier molecular flexibility index (Phi) is 4.88. The summed E-state index contributed by atoms with van der Waals surface area (Å²) in [6.07, 6.45) is -2.98. The lowest BCUT2D eigenvalue weighted by Crippen LogP contribution is -2.12. The lowest BCUT2D eigenvalue weighted by molar-refractivity contribution is -0.137. The molecule has 0 saturated carbocycles. The summed E-state index contributed by atoms with van der Waals surface area (Å²) in [5, 5.41) is 5.63. The molecule has 4 nitrogen and oxygen atoms in total. The van der Waals surface area contributed by atoms with Crippen LogP contribution in [0.1, 0.15) is 15.9 Å². The van der Waals surface area contributed by atoms with Crippen molar-refractivity contribution in [2.24, 2.45) is 0 Å². The number of hydrogen-bond donors (Lipinski definition) is 2. The van der Waals surface area contributed by atoms with Gasteiger partial charge < -0.3 is 10.6 Å². The molecule has 2 aromatic carbocycles. The van der Waals surface area contributed by atoms with Crippen LogP contribution in [0.2, 0.25) is 0 Å². The molecule has 0 saturated heterocycles. The fourth-order valence-electron chi connectivity index (χ4n) is 2.22. The van der Waals surface area contributed by atoms with Crippen molar-refractivity contribution in [2.75, 3.05) is 10.6 Å². The second-order valence-corrected chi connectivity index (χ2v) is 5.45. The molecule has 0 unspecified atom stereocenters. The molecular weight excluding hydrogens is 343 g/mol. The van der Waals surface area contributed by atoms with Crippen molar-refractivity contribution in [1.29, 1.82) is 0 Å². The molecule has 0 radical (unpaired) electrons. The summed E-state index contributed by atoms with van der Waals surface area (Å²) in [4.78, 5) is 16.3. The van der Waals surface area contributed by atoms with Crippen LogP contribution < -0.4 is 10.6 Å². The highest BCUT2D eigenvalue weighted by Crippen LogP contribution is 2.30. The first-order chi connectivity index (χ1) is 12.4. The number of carbonyl (C=O) groups is 1. The van der Waals surface area contributed by atoms with Crippen LogP contribution in [0.4, 0.5) is 30.4 Å². The third-order valence-corrected chi connectivity index (χ3v) is 3.54. The zero-order valence-corrected chi connectivity index (χ0v) is 13.4. The van der Waals surface area contributed by atoms with E-state index in [1.807, 2.05) is 18.2 Å². The van der Waals surface area contributed by atoms with Gasteiger partial charge in [-0.05, 0) is 48.5 Å². The van der Waals surface area contributed by atoms with Gasteiger partial charge in [0.15, 0.2) is 0 Å². The lowest BCUT2D eigenvalue weighted by atomic mass is 10.2. The standard InChI is InChI=1S/C19H14F3N3O/c20-19(21,22)14-7-9-16(10-8-14)24-17-11-6-13(12-23-17)18(26)25-15-4-2-1-3-5-15/h1-12H,(H,23,24)(H,25,26). The zero-order chi connectivity index (χ0) is 18.6. The molecule has 132 valence electrons. The number of aromatic nitrogens is 1. The quantitative estimate of drug-likeness (QED) is 0.683. The third kappa shape index (κ3) is 4.38. The van der Waals surface area contributed by atoms with Crippen molar-refractivity contribution in [3.8, 4) is 0 Å². The van der Waals surface area contributed by atoms with E-state index in [0.29, 0.717) is 22.8 Å². The fraction of sp³-hybridized carbons (Fsp3) is 0.0526. The van der Waals surface area contributed by atoms with Crippen molar-refractivity contribution >= 4 is 23.1 Å². The molecule has 0 aliphatic carbocycles. The minimum atomic E-state index is -4.37. The van der Waals surface area contributed by atoms with Gasteiger partial charge in [-0.1, -0.05) is 18.2 Å². The van der Waals surface area contributed by atoms with E-state index in [-0.39, 0.29) is 5.91 Å². The molecule has 1 amide bonds. The molecule has 0 aliphatic heterocycles. The first kappa shape index (κ1) is 17.5. The van der Waals surface area contributed by atoms with Gasteiger partial charge in [-0.25, -0.2) is 4.98 Å². The molecule has 0 bridgehead atoms. The molecule has 0 aliphatic rings. The summed E-state index contributed by atoms with van der Waals surface area (Å²) < 4.78 is 37.7. The molecule has 1 heterocycles. The summed E-state index contributed by atoms with van der Waals surface area (Å²) >= 11 is 0. The van der Waals surface area contributed by atoms with Gasteiger partial charge in [-0.3, -0.25) is 4.79 Å². The van der Waals surface area contributed by atoms with E-state index in [1.54, 1.807) is 24.3 Å². The van der Waals surface area contributed by atoms with E-state index < -0.39 is 11.7 Å². The summed E-state index contributed by atoms with van der Waals surface area (Å²) in [5.41, 5.74) is 0.784. The third-order valence-electron chi connectivity index (χ3n) is 3.54. The smallest absolute Gasteiger partial charge is 0.340 e. The van der Waals surface area contributed by atoms with Crippen LogP contribution in [-0.4, -0.2) is 10.9 Å². The number of para-hydroxylation sites is 1. The Balaban J connectivity index is 1.65. The van der Waals surface area contributed by atoms with E-state index in [0.717, 1.165) is 12.1 Å². The number of pyridine rings is 1. The van der Waals surface area contributed by atoms with E-state index in [2.05, 4.69) is 15.6 Å². The predicted molar refractivity (Wildman–Crippen MR) is 93.4 cm³/mol. The highest BCUT2D eigenvalue weighted by molar-refractivity contribution is 6.04. The second kappa shape index (κ2) is 7.26. The molecule has 26 heavy (non-hydrogen) atoms. The molecule has 0 atom stereocenters. The van der Waals surface area contributed by atoms with Crippen molar-refractivity contribution in [3.05, 3.63) is 84.1 Å². The van der Waals surface area contributed by atoms with Gasteiger partial charge in [-0.15, -0.1) is 0 Å². The number of benzene rings is 2. The van der Waals surface area contributed by atoms with Gasteiger partial charge in [0.1, 0.15) is 5.82 Å². The fourth-order valence-corrected chi connectivity index (χ4v) is 2.22. The zero-order valence-electron chi connectivity index (χ0n) is 13.4. The molecule has 0 fully saturated rings. The maximum absolute atomic E-state index is 12.6. The van der Waals surface area contributed by atoms with Gasteiger partial charge in [0.25, 0.3) is 5.91 Å². The van der Waals surface area contributed by atoms with Crippen LogP contribution in [0.15, 0.2) is 72.9 Å². The molecule has 3 aromatic rings. The number of amides is 1. The average molecular weight is 357 g/mol. The van der Waals surface area contributed by atoms with Gasteiger partial charge >= 0.3 is 6.18 Å². The Bertz CT molecular complexity index is 877. The summed E-state index contributed by atoms with van der Waals surface area (Å²) in [5.74, 6) is 0.116. The number of hydrogen-bond acceptors (Lipinski definition) is 3. The highest BCUT2D eigenvalue weighted by Gasteiger charge is 2.29. The highest BCUT2D eigenvalue weighted by atomic mass is 19.4. The molecule has 2 N–H and O–H groups in total. The SMILES string of the molecule is O=C(Nc1ccccc1)c1ccc(Nc2ccc(C(F)(F)F)cc2)nc1. The monoisotopic (exact) mass is 357 g/mol. The van der Waals surface area contributed by atoms with Crippen molar-refractivity contribution < 1.29 is 18.0 Å². The summed E-state index contributed by atoms with van der Waals surface area (Å²) in [7, 11) is 0. The Morgan fingerprint density at radius 2 is 1.54 bits per heavy atom. The Hall–Kier alpha value is -3.35. The second-order valence-electron chi connectivity index (χ2n) is 5.45. The van der Waals surface area contributed by atoms with Gasteiger partial charge in [0, 0.05) is 17.6 Å². The van der Waals surface area contributed by atoms with Crippen molar-refractivity contribution in [1.82, 2.24) is 4.98 Å². The minimum absolute atomic E-state index is 0.301. The summed E-state index contributed by atoms with van der Waals surface area (Å²) in [6.45, 7) is 0. The van der Waals surface area contributed by atoms with Crippen LogP contribution in [0.3, 0.4) is 0 Å². The van der Waals surface area contributed by atoms with Crippen LogP contribution in [-0.2, 0) is 6.18 Å². The van der Waals surface area contributed by atoms with Crippen molar-refractivity contribution in [3.63, 3.8) is 0 Å². The lowest BCUT2D eigenvalue weighted by Gasteiger charge is -2.09. The van der Waals surface area contributed by atoms with E-state index in [1.165, 1.54) is 18.3 Å². The number of anilines is 3. The first-order valence-corrected chi connectivity index (χ1v) is 7.68. The van der Waals surface area contributed by atoms with Gasteiger partial charge in [-0.2, -0.15) is 13.2 Å². The topological polar surface area (TPSA) is 54.0 Å². The number of carbonyl (C=O) groups excluding carboxylic acids is 1. The first-order valence-electron chi connectivity index (χ1n) is 7.68. The van der Waals surface area contributed by atoms with Crippen molar-refractivity contribution in [2.45, 2.75) is 6.18 Å². The Morgan fingerprint density at radius 1 is 0.846 bits per heavy atom. The van der Waals surface area contributed by atoms with E-state index >= 15 is 0 Å². The number of nitrogens with zero attached hydrogens (tertiary/aromatic N) is 1. The van der Waals surface area contributed by atoms with Gasteiger partial charge in [0.05, 0.1) is 11.1 Å². The Morgan fingerprint density at radius 3 is 2.12 bits per heavy atom. The normalized spacial score (nSPS) is 11.0. The number of nitrogens with one attached hydrogen (secondary N) is 2. The van der Waals surface area contributed by atoms with Crippen LogP contribution in [0.5, 0.6) is 0 Å². The van der Waals surface area contributed by atoms with E-state index in [4.69, 9.17) is 0 Å². The average Bonchev–Trinajstić information content (AvgIpc) is 2.63. The predicted octanol–water partition coefficient (Wildman–Crippen LogP) is 5.10. The number of halogens is 3. The van der Waals surface area contributed by atoms with Gasteiger partial charge in [0.2, 0.25) is 0 Å². The molecular formula is C19H14F3N3O. The minimum Gasteiger partial charge on any atom is -0.340 e. The van der Waals surface area contributed by atoms with Crippen LogP contribution in [0, 0.1) is 0 Å². The van der Waals surface area contributed by atoms with E-state index in [9.17, 15) is 18.0 Å². The maximum atomic E-state index is 12.6. The Labute approximate surface area is 147 Å². The van der Waals surface area contributed by atoms with Crippen LogP contribution in [0.25, 0.3) is 0 Å². The molecule has 1 aromatic heterocycles. The van der Waals surface area contributed by atoms with Crippen LogP contribution >= 0.6 is 0 Å². The summed E-state index contributed by atoms with van der Waals surface area (Å²) in [6, 6.07) is 16.8. The molecule has 0 spiro atoms. The maximum Gasteiger partial charge on any atom is 0.416 e. The molecule has 3 rings (SSSR count). The molecule has 7 heteroatoms. The largest absolute Gasteiger partial charge is 0.416 e. The number of alkyl halides is 3.